The molecule has 0 radical (unpaired) electrons. The first-order valence-electron chi connectivity index (χ1n) is 13.5. The van der Waals surface area contributed by atoms with Crippen molar-refractivity contribution in [2.24, 2.45) is 0 Å². The molecule has 40 heavy (non-hydrogen) atoms. The molecular formula is C36H22N4. The summed E-state index contributed by atoms with van der Waals surface area (Å²) in [5, 5.41) is 7.42. The summed E-state index contributed by atoms with van der Waals surface area (Å²) in [5.41, 5.74) is 7.94. The average Bonchev–Trinajstić information content (AvgIpc) is 3.57. The van der Waals surface area contributed by atoms with Crippen LogP contribution >= 0.6 is 0 Å². The summed E-state index contributed by atoms with van der Waals surface area (Å²) in [6.07, 6.45) is 3.63. The molecule has 9 aromatic rings. The van der Waals surface area contributed by atoms with Crippen LogP contribution in [0.2, 0.25) is 0 Å². The van der Waals surface area contributed by atoms with Crippen molar-refractivity contribution in [1.82, 2.24) is 18.9 Å². The molecule has 4 nitrogen and oxygen atoms in total. The normalized spacial score (nSPS) is 12.0. The predicted octanol–water partition coefficient (Wildman–Crippen LogP) is 8.95. The van der Waals surface area contributed by atoms with E-state index in [1.807, 2.05) is 24.5 Å². The zero-order valence-electron chi connectivity index (χ0n) is 21.5. The predicted molar refractivity (Wildman–Crippen MR) is 165 cm³/mol. The molecule has 5 heterocycles. The van der Waals surface area contributed by atoms with Crippen LogP contribution < -0.4 is 0 Å². The van der Waals surface area contributed by atoms with Gasteiger partial charge >= 0.3 is 0 Å². The van der Waals surface area contributed by atoms with Crippen LogP contribution in [0.5, 0.6) is 0 Å². The SMILES string of the molecule is c1cc(-c2ccncc2)nc(-n2c3ccccc3c3cc4c(cc32)c2ccccc2c2cc3ccccc3n24)c1. The second-order valence-corrected chi connectivity index (χ2v) is 10.3. The topological polar surface area (TPSA) is 35.1 Å². The molecule has 0 aliphatic heterocycles. The third-order valence-corrected chi connectivity index (χ3v) is 8.17. The first kappa shape index (κ1) is 21.5. The van der Waals surface area contributed by atoms with Crippen molar-refractivity contribution in [1.29, 1.82) is 0 Å². The highest BCUT2D eigenvalue weighted by Crippen LogP contribution is 2.39. The number of hydrogen-bond acceptors (Lipinski definition) is 2. The molecule has 9 rings (SSSR count). The minimum absolute atomic E-state index is 0.900. The van der Waals surface area contributed by atoms with Gasteiger partial charge in [-0.25, -0.2) is 4.98 Å². The molecule has 0 N–H and O–H groups in total. The van der Waals surface area contributed by atoms with E-state index in [0.29, 0.717) is 0 Å². The highest BCUT2D eigenvalue weighted by Gasteiger charge is 2.18. The van der Waals surface area contributed by atoms with E-state index in [9.17, 15) is 0 Å². The summed E-state index contributed by atoms with van der Waals surface area (Å²) < 4.78 is 4.74. The second-order valence-electron chi connectivity index (χ2n) is 10.3. The number of hydrogen-bond donors (Lipinski definition) is 0. The number of fused-ring (bicyclic) bond motifs is 11. The van der Waals surface area contributed by atoms with Crippen LogP contribution in [-0.2, 0) is 0 Å². The molecule has 0 saturated heterocycles. The van der Waals surface area contributed by atoms with E-state index >= 15 is 0 Å². The van der Waals surface area contributed by atoms with Crippen LogP contribution in [0.4, 0.5) is 0 Å². The van der Waals surface area contributed by atoms with Gasteiger partial charge in [-0.1, -0.05) is 66.7 Å². The van der Waals surface area contributed by atoms with E-state index in [-0.39, 0.29) is 0 Å². The Kier molecular flexibility index (Phi) is 4.30. The number of rotatable bonds is 2. The maximum Gasteiger partial charge on any atom is 0.138 e. The summed E-state index contributed by atoms with van der Waals surface area (Å²) in [6, 6.07) is 43.4. The van der Waals surface area contributed by atoms with Crippen molar-refractivity contribution in [2.75, 3.05) is 0 Å². The van der Waals surface area contributed by atoms with Crippen molar-refractivity contribution in [3.63, 3.8) is 0 Å². The summed E-state index contributed by atoms with van der Waals surface area (Å²) in [6.45, 7) is 0. The fourth-order valence-corrected chi connectivity index (χ4v) is 6.44. The van der Waals surface area contributed by atoms with Gasteiger partial charge in [0.05, 0.1) is 33.3 Å². The van der Waals surface area contributed by atoms with Gasteiger partial charge in [0.1, 0.15) is 5.82 Å². The summed E-state index contributed by atoms with van der Waals surface area (Å²) >= 11 is 0. The minimum Gasteiger partial charge on any atom is -0.309 e. The fourth-order valence-electron chi connectivity index (χ4n) is 6.44. The third kappa shape index (κ3) is 2.90. The Balaban J connectivity index is 1.46. The number of nitrogens with zero attached hydrogens (tertiary/aromatic N) is 4. The largest absolute Gasteiger partial charge is 0.309 e. The van der Waals surface area contributed by atoms with Crippen LogP contribution in [0.25, 0.3) is 77.0 Å². The molecule has 0 atom stereocenters. The second kappa shape index (κ2) is 8.01. The maximum atomic E-state index is 5.14. The van der Waals surface area contributed by atoms with Gasteiger partial charge in [-0.15, -0.1) is 0 Å². The van der Waals surface area contributed by atoms with Gasteiger partial charge in [-0.2, -0.15) is 0 Å². The number of pyridine rings is 3. The maximum absolute atomic E-state index is 5.14. The molecule has 0 unspecified atom stereocenters. The first-order chi connectivity index (χ1) is 19.8. The summed E-state index contributed by atoms with van der Waals surface area (Å²) in [7, 11) is 0. The molecule has 0 bridgehead atoms. The highest BCUT2D eigenvalue weighted by atomic mass is 15.1. The fraction of sp³-hybridized carbons (Fsp3) is 0. The van der Waals surface area contributed by atoms with Gasteiger partial charge in [-0.05, 0) is 60.0 Å². The Morgan fingerprint density at radius 1 is 0.450 bits per heavy atom. The van der Waals surface area contributed by atoms with Gasteiger partial charge in [0.2, 0.25) is 0 Å². The average molecular weight is 511 g/mol. The van der Waals surface area contributed by atoms with Crippen molar-refractivity contribution >= 4 is 59.9 Å². The lowest BCUT2D eigenvalue weighted by molar-refractivity contribution is 1.08. The molecule has 0 aliphatic rings. The van der Waals surface area contributed by atoms with Crippen LogP contribution in [0, 0.1) is 0 Å². The first-order valence-corrected chi connectivity index (χ1v) is 13.5. The monoisotopic (exact) mass is 510 g/mol. The Hall–Kier alpha value is -5.48. The standard InChI is InChI=1S/C36H22N4/c1-5-13-31-24(8-1)20-33-26-10-3-2-9-25(26)28-21-35-29(22-34(28)39(31)33)27-11-4-6-14-32(27)40(35)36-15-7-12-30(38-36)23-16-18-37-19-17-23/h1-22H. The van der Waals surface area contributed by atoms with Crippen molar-refractivity contribution in [3.05, 3.63) is 134 Å². The van der Waals surface area contributed by atoms with E-state index in [0.717, 1.165) is 28.1 Å². The van der Waals surface area contributed by atoms with Gasteiger partial charge in [-0.3, -0.25) is 9.55 Å². The van der Waals surface area contributed by atoms with Gasteiger partial charge in [0.25, 0.3) is 0 Å². The molecule has 186 valence electrons. The zero-order valence-corrected chi connectivity index (χ0v) is 21.5. The van der Waals surface area contributed by atoms with Crippen LogP contribution in [0.15, 0.2) is 134 Å². The molecular weight excluding hydrogens is 488 g/mol. The quantitative estimate of drug-likeness (QED) is 0.218. The molecule has 0 fully saturated rings. The molecule has 0 amide bonds. The Morgan fingerprint density at radius 3 is 1.95 bits per heavy atom. The summed E-state index contributed by atoms with van der Waals surface area (Å²) in [5.74, 6) is 0.900. The van der Waals surface area contributed by atoms with E-state index in [4.69, 9.17) is 4.98 Å². The third-order valence-electron chi connectivity index (χ3n) is 8.17. The van der Waals surface area contributed by atoms with E-state index < -0.39 is 0 Å². The van der Waals surface area contributed by atoms with Gasteiger partial charge in [0, 0.05) is 44.9 Å². The molecule has 0 spiro atoms. The number of aromatic nitrogens is 4. The van der Waals surface area contributed by atoms with E-state index in [1.165, 1.54) is 48.9 Å². The van der Waals surface area contributed by atoms with Crippen LogP contribution in [-0.4, -0.2) is 18.9 Å². The lowest BCUT2D eigenvalue weighted by atomic mass is 10.0. The van der Waals surface area contributed by atoms with Crippen molar-refractivity contribution in [3.8, 4) is 17.1 Å². The van der Waals surface area contributed by atoms with Crippen molar-refractivity contribution in [2.45, 2.75) is 0 Å². The summed E-state index contributed by atoms with van der Waals surface area (Å²) in [4.78, 5) is 9.32. The van der Waals surface area contributed by atoms with Gasteiger partial charge in [0.15, 0.2) is 0 Å². The van der Waals surface area contributed by atoms with Crippen LogP contribution in [0.1, 0.15) is 0 Å². The zero-order chi connectivity index (χ0) is 26.2. The Morgan fingerprint density at radius 2 is 1.10 bits per heavy atom. The van der Waals surface area contributed by atoms with Crippen LogP contribution in [0.3, 0.4) is 0 Å². The molecule has 0 saturated carbocycles. The molecule has 4 heteroatoms. The molecule has 5 aromatic heterocycles. The molecule has 0 aliphatic carbocycles. The van der Waals surface area contributed by atoms with Gasteiger partial charge < -0.3 is 4.40 Å². The minimum atomic E-state index is 0.900. The highest BCUT2D eigenvalue weighted by molar-refractivity contribution is 6.21. The lowest BCUT2D eigenvalue weighted by Gasteiger charge is -2.12. The Bertz CT molecular complexity index is 2430. The number of benzene rings is 4. The van der Waals surface area contributed by atoms with E-state index in [2.05, 4.69) is 123 Å². The Labute approximate surface area is 229 Å². The van der Waals surface area contributed by atoms with E-state index in [1.54, 1.807) is 0 Å². The molecule has 4 aromatic carbocycles. The number of para-hydroxylation sites is 2. The van der Waals surface area contributed by atoms with Crippen molar-refractivity contribution < 1.29 is 0 Å². The smallest absolute Gasteiger partial charge is 0.138 e. The lowest BCUT2D eigenvalue weighted by Crippen LogP contribution is -1.99.